The third-order valence-corrected chi connectivity index (χ3v) is 9.07. The zero-order valence-electron chi connectivity index (χ0n) is 24.7. The van der Waals surface area contributed by atoms with E-state index >= 15 is 0 Å². The molecule has 0 nitrogen and oxygen atoms in total. The van der Waals surface area contributed by atoms with Gasteiger partial charge in [0.1, 0.15) is 0 Å². The van der Waals surface area contributed by atoms with Crippen LogP contribution in [0.5, 0.6) is 0 Å². The highest BCUT2D eigenvalue weighted by molar-refractivity contribution is 5.22. The van der Waals surface area contributed by atoms with Crippen molar-refractivity contribution in [2.45, 2.75) is 175 Å². The van der Waals surface area contributed by atoms with Crippen LogP contribution in [-0.2, 0) is 0 Å². The largest absolute Gasteiger partial charge is 0.0817 e. The van der Waals surface area contributed by atoms with Crippen molar-refractivity contribution in [2.75, 3.05) is 0 Å². The van der Waals surface area contributed by atoms with E-state index in [-0.39, 0.29) is 37.1 Å². The fraction of sp³-hybridized carbons (Fsp3) is 0.886. The molecule has 0 N–H and O–H groups in total. The maximum absolute atomic E-state index is 2.47. The molecule has 0 bridgehead atoms. The van der Waals surface area contributed by atoms with E-state index < -0.39 is 0 Å². The maximum atomic E-state index is 2.47. The average Bonchev–Trinajstić information content (AvgIpc) is 2.99. The first-order chi connectivity index (χ1) is 13.5. The van der Waals surface area contributed by atoms with E-state index in [1.807, 2.05) is 41.5 Å². The van der Waals surface area contributed by atoms with E-state index in [9.17, 15) is 0 Å². The molecule has 0 radical (unpaired) electrons. The topological polar surface area (TPSA) is 0 Å². The molecule has 0 unspecified atom stereocenters. The highest BCUT2D eigenvalue weighted by Crippen LogP contribution is 2.61. The van der Waals surface area contributed by atoms with Gasteiger partial charge in [0.15, 0.2) is 0 Å². The molecule has 0 heterocycles. The Labute approximate surface area is 231 Å². The minimum Gasteiger partial charge on any atom is -0.0817 e. The molecule has 0 fully saturated rings. The molecule has 0 aromatic heterocycles. The smallest absolute Gasteiger partial charge is 0.00641 e. The second kappa shape index (κ2) is 20.5. The van der Waals surface area contributed by atoms with E-state index in [4.69, 9.17) is 0 Å². The van der Waals surface area contributed by atoms with Gasteiger partial charge in [-0.25, -0.2) is 0 Å². The molecule has 2 aliphatic carbocycles. The van der Waals surface area contributed by atoms with Gasteiger partial charge in [-0.1, -0.05) is 186 Å². The molecule has 0 atom stereocenters. The molecule has 222 valence electrons. The SMILES string of the molecule is C.C.C.C.C.CC.CC.CC.CC1(C)C=CC(C)(C)C1(C)C.CCC1(CC)C=CC(C)(C)C1(C)C. The lowest BCUT2D eigenvalue weighted by Crippen LogP contribution is -2.40. The molecule has 0 aliphatic heterocycles. The van der Waals surface area contributed by atoms with Crippen LogP contribution in [0, 0.1) is 32.5 Å². The summed E-state index contributed by atoms with van der Waals surface area (Å²) >= 11 is 0. The van der Waals surface area contributed by atoms with Gasteiger partial charge in [-0.05, 0) is 45.3 Å². The van der Waals surface area contributed by atoms with Crippen molar-refractivity contribution < 1.29 is 0 Å². The van der Waals surface area contributed by atoms with Gasteiger partial charge in [0.2, 0.25) is 0 Å². The monoisotopic (exact) mass is 503 g/mol. The van der Waals surface area contributed by atoms with Crippen molar-refractivity contribution in [2.24, 2.45) is 32.5 Å². The summed E-state index contributed by atoms with van der Waals surface area (Å²) in [6.45, 7) is 40.2. The Morgan fingerprint density at radius 1 is 0.371 bits per heavy atom. The molecular formula is C35H82. The molecule has 0 saturated heterocycles. The summed E-state index contributed by atoms with van der Waals surface area (Å²) < 4.78 is 0. The normalized spacial score (nSPS) is 20.5. The van der Waals surface area contributed by atoms with Crippen LogP contribution in [0.1, 0.15) is 175 Å². The number of hydrogen-bond acceptors (Lipinski definition) is 0. The van der Waals surface area contributed by atoms with Crippen LogP contribution >= 0.6 is 0 Å². The summed E-state index contributed by atoms with van der Waals surface area (Å²) in [4.78, 5) is 0. The van der Waals surface area contributed by atoms with Crippen molar-refractivity contribution in [3.63, 3.8) is 0 Å². The predicted octanol–water partition coefficient (Wildman–Crippen LogP) is 14.3. The van der Waals surface area contributed by atoms with Gasteiger partial charge < -0.3 is 0 Å². The Kier molecular flexibility index (Phi) is 32.3. The van der Waals surface area contributed by atoms with Crippen LogP contribution < -0.4 is 0 Å². The van der Waals surface area contributed by atoms with E-state index in [1.54, 1.807) is 0 Å². The molecule has 0 amide bonds. The van der Waals surface area contributed by atoms with Crippen LogP contribution in [0.15, 0.2) is 24.3 Å². The first-order valence-electron chi connectivity index (χ1n) is 12.9. The number of allylic oxidation sites excluding steroid dienone is 4. The zero-order chi connectivity index (χ0) is 25.2. The van der Waals surface area contributed by atoms with Crippen LogP contribution in [0.2, 0.25) is 0 Å². The summed E-state index contributed by atoms with van der Waals surface area (Å²) in [6, 6.07) is 0. The fourth-order valence-corrected chi connectivity index (χ4v) is 4.46. The lowest BCUT2D eigenvalue weighted by molar-refractivity contribution is 0.0379. The van der Waals surface area contributed by atoms with Gasteiger partial charge in [-0.15, -0.1) is 0 Å². The molecule has 0 saturated carbocycles. The highest BCUT2D eigenvalue weighted by Gasteiger charge is 2.52. The summed E-state index contributed by atoms with van der Waals surface area (Å²) in [5.74, 6) is 0. The van der Waals surface area contributed by atoms with Crippen LogP contribution in [0.4, 0.5) is 0 Å². The molecular weight excluding hydrogens is 420 g/mol. The van der Waals surface area contributed by atoms with Gasteiger partial charge in [0.05, 0.1) is 0 Å². The van der Waals surface area contributed by atoms with Crippen molar-refractivity contribution in [3.8, 4) is 0 Å². The molecule has 2 rings (SSSR count). The van der Waals surface area contributed by atoms with Crippen molar-refractivity contribution in [1.82, 2.24) is 0 Å². The number of hydrogen-bond donors (Lipinski definition) is 0. The highest BCUT2D eigenvalue weighted by atomic mass is 14.6. The molecule has 0 heteroatoms. The Bertz CT molecular complexity index is 482. The Morgan fingerprint density at radius 2 is 0.571 bits per heavy atom. The van der Waals surface area contributed by atoms with Gasteiger partial charge in [0, 0.05) is 0 Å². The van der Waals surface area contributed by atoms with Gasteiger partial charge in [-0.2, -0.15) is 0 Å². The van der Waals surface area contributed by atoms with Gasteiger partial charge in [-0.3, -0.25) is 0 Å². The maximum Gasteiger partial charge on any atom is -0.00641 e. The van der Waals surface area contributed by atoms with Gasteiger partial charge >= 0.3 is 0 Å². The lowest BCUT2D eigenvalue weighted by Gasteiger charge is -2.47. The van der Waals surface area contributed by atoms with Crippen LogP contribution in [0.25, 0.3) is 0 Å². The quantitative estimate of drug-likeness (QED) is 0.329. The molecule has 35 heavy (non-hydrogen) atoms. The average molecular weight is 503 g/mol. The van der Waals surface area contributed by atoms with E-state index in [0.717, 1.165) is 0 Å². The summed E-state index contributed by atoms with van der Waals surface area (Å²) in [5.41, 5.74) is 2.23. The van der Waals surface area contributed by atoms with Gasteiger partial charge in [0.25, 0.3) is 0 Å². The predicted molar refractivity (Wildman–Crippen MR) is 178 cm³/mol. The zero-order valence-corrected chi connectivity index (χ0v) is 24.7. The second-order valence-corrected chi connectivity index (χ2v) is 10.9. The summed E-state index contributed by atoms with van der Waals surface area (Å²) in [6.07, 6.45) is 12.1. The Morgan fingerprint density at radius 3 is 0.657 bits per heavy atom. The first-order valence-corrected chi connectivity index (χ1v) is 12.9. The second-order valence-electron chi connectivity index (χ2n) is 10.9. The number of rotatable bonds is 2. The standard InChI is InChI=1S/C13H24.C11H20.3C2H6.5CH4/c1-7-13(8-2)10-9-11(3,4)12(13,5)6;1-9(2)7-8-10(3,4)11(9,5)6;3*1-2;;;;;/h9-10H,7-8H2,1-6H3;7-8H,1-6H3;3*1-2H3;5*1H4. The molecule has 2 aliphatic rings. The third-order valence-electron chi connectivity index (χ3n) is 9.07. The summed E-state index contributed by atoms with van der Waals surface area (Å²) in [5, 5.41) is 0. The minimum atomic E-state index is 0. The summed E-state index contributed by atoms with van der Waals surface area (Å²) in [7, 11) is 0. The molecule has 0 aromatic rings. The fourth-order valence-electron chi connectivity index (χ4n) is 4.46. The Hall–Kier alpha value is -0.520. The van der Waals surface area contributed by atoms with Crippen molar-refractivity contribution in [3.05, 3.63) is 24.3 Å². The van der Waals surface area contributed by atoms with E-state index in [0.29, 0.717) is 32.5 Å². The molecule has 0 aromatic carbocycles. The third kappa shape index (κ3) is 10.8. The van der Waals surface area contributed by atoms with E-state index in [2.05, 4.69) is 107 Å². The first kappa shape index (κ1) is 55.1. The van der Waals surface area contributed by atoms with E-state index in [1.165, 1.54) is 12.8 Å². The van der Waals surface area contributed by atoms with Crippen molar-refractivity contribution in [1.29, 1.82) is 0 Å². The molecule has 0 spiro atoms. The lowest BCUT2D eigenvalue weighted by atomic mass is 9.56. The minimum absolute atomic E-state index is 0. The van der Waals surface area contributed by atoms with Crippen molar-refractivity contribution >= 4 is 0 Å². The van der Waals surface area contributed by atoms with Crippen LogP contribution in [-0.4, -0.2) is 0 Å². The van der Waals surface area contributed by atoms with Crippen LogP contribution in [0.3, 0.4) is 0 Å². The Balaban J connectivity index is -0.0000000513.